The fourth-order valence-electron chi connectivity index (χ4n) is 7.56. The van der Waals surface area contributed by atoms with E-state index < -0.39 is 0 Å². The van der Waals surface area contributed by atoms with Crippen molar-refractivity contribution in [3.63, 3.8) is 0 Å². The molecule has 1 fully saturated rings. The molecule has 0 radical (unpaired) electrons. The van der Waals surface area contributed by atoms with Gasteiger partial charge in [-0.2, -0.15) is 0 Å². The third kappa shape index (κ3) is 8.85. The topological polar surface area (TPSA) is 44.7 Å². The van der Waals surface area contributed by atoms with Gasteiger partial charge >= 0.3 is 7.12 Å². The lowest BCUT2D eigenvalue weighted by atomic mass is 9.78. The van der Waals surface area contributed by atoms with Gasteiger partial charge in [0.05, 0.1) is 11.2 Å². The molecule has 1 aliphatic rings. The van der Waals surface area contributed by atoms with Gasteiger partial charge in [0.25, 0.3) is 0 Å². The molecule has 306 valence electrons. The van der Waals surface area contributed by atoms with E-state index in [1.807, 2.05) is 42.5 Å². The highest BCUT2D eigenvalue weighted by molar-refractivity contribution is 9.11. The highest BCUT2D eigenvalue weighted by Crippen LogP contribution is 2.38. The van der Waals surface area contributed by atoms with Crippen LogP contribution in [0.5, 0.6) is 0 Å². The summed E-state index contributed by atoms with van der Waals surface area (Å²) >= 11 is 10.3. The van der Waals surface area contributed by atoms with Crippen molar-refractivity contribution >= 4 is 104 Å². The quantitative estimate of drug-likeness (QED) is 0.165. The summed E-state index contributed by atoms with van der Waals surface area (Å²) in [6, 6.07) is 62.5. The molecule has 4 nitrogen and oxygen atoms in total. The number of hydrogen-bond donors (Lipinski definition) is 0. The molecular formula is C54H42BBr3O4. The van der Waals surface area contributed by atoms with Crippen LogP contribution >= 0.6 is 47.8 Å². The van der Waals surface area contributed by atoms with Gasteiger partial charge < -0.3 is 18.1 Å². The Bertz CT molecular complexity index is 3090. The average molecular weight is 1010 g/mol. The van der Waals surface area contributed by atoms with Gasteiger partial charge in [0.2, 0.25) is 0 Å². The molecule has 0 aliphatic carbocycles. The van der Waals surface area contributed by atoms with Crippen molar-refractivity contribution < 1.29 is 18.1 Å². The molecule has 3 heterocycles. The molecular weight excluding hydrogens is 963 g/mol. The number of furan rings is 2. The van der Waals surface area contributed by atoms with Gasteiger partial charge in [-0.1, -0.05) is 163 Å². The van der Waals surface area contributed by atoms with E-state index in [4.69, 9.17) is 18.1 Å². The van der Waals surface area contributed by atoms with Gasteiger partial charge in [-0.05, 0) is 133 Å². The smallest absolute Gasteiger partial charge is 0.456 e. The molecule has 0 saturated carbocycles. The molecule has 0 N–H and O–H groups in total. The molecule has 0 amide bonds. The second kappa shape index (κ2) is 17.5. The van der Waals surface area contributed by atoms with E-state index in [-0.39, 0.29) is 18.3 Å². The second-order valence-corrected chi connectivity index (χ2v) is 19.1. The highest BCUT2D eigenvalue weighted by atomic mass is 79.9. The Hall–Kier alpha value is -5.22. The Morgan fingerprint density at radius 3 is 1.10 bits per heavy atom. The second-order valence-electron chi connectivity index (χ2n) is 16.3. The predicted octanol–water partition coefficient (Wildman–Crippen LogP) is 16.4. The Morgan fingerprint density at radius 1 is 0.339 bits per heavy atom. The summed E-state index contributed by atoms with van der Waals surface area (Å²) in [5.41, 5.74) is 11.4. The third-order valence-corrected chi connectivity index (χ3v) is 13.3. The van der Waals surface area contributed by atoms with E-state index in [2.05, 4.69) is 215 Å². The molecule has 0 unspecified atom stereocenters. The predicted molar refractivity (Wildman–Crippen MR) is 269 cm³/mol. The maximum absolute atomic E-state index is 6.13. The van der Waals surface area contributed by atoms with E-state index in [0.29, 0.717) is 0 Å². The fourth-order valence-corrected chi connectivity index (χ4v) is 8.35. The fraction of sp³-hybridized carbons (Fsp3) is 0.111. The van der Waals surface area contributed by atoms with Crippen molar-refractivity contribution in [3.8, 4) is 33.4 Å². The van der Waals surface area contributed by atoms with Gasteiger partial charge in [-0.25, -0.2) is 0 Å². The van der Waals surface area contributed by atoms with Crippen molar-refractivity contribution in [3.05, 3.63) is 195 Å². The molecule has 62 heavy (non-hydrogen) atoms. The van der Waals surface area contributed by atoms with Crippen LogP contribution in [0.1, 0.15) is 27.7 Å². The Balaban J connectivity index is 0.000000124. The zero-order chi connectivity index (χ0) is 43.0. The van der Waals surface area contributed by atoms with Crippen molar-refractivity contribution in [2.45, 2.75) is 38.9 Å². The molecule has 8 aromatic carbocycles. The van der Waals surface area contributed by atoms with Gasteiger partial charge in [0.1, 0.15) is 22.3 Å². The lowest BCUT2D eigenvalue weighted by molar-refractivity contribution is 0.00578. The molecule has 0 bridgehead atoms. The molecule has 10 aromatic rings. The maximum Gasteiger partial charge on any atom is 0.494 e. The minimum absolute atomic E-state index is 0.328. The van der Waals surface area contributed by atoms with Crippen LogP contribution in [0.15, 0.2) is 204 Å². The lowest BCUT2D eigenvalue weighted by Gasteiger charge is -2.32. The van der Waals surface area contributed by atoms with Crippen molar-refractivity contribution in [2.75, 3.05) is 0 Å². The van der Waals surface area contributed by atoms with Gasteiger partial charge in [-0.15, -0.1) is 0 Å². The van der Waals surface area contributed by atoms with Crippen LogP contribution in [-0.2, 0) is 9.31 Å². The number of hydrogen-bond acceptors (Lipinski definition) is 4. The summed E-state index contributed by atoms with van der Waals surface area (Å²) in [7, 11) is -0.344. The minimum Gasteiger partial charge on any atom is -0.456 e. The molecule has 1 aliphatic heterocycles. The highest BCUT2D eigenvalue weighted by Gasteiger charge is 2.51. The first-order chi connectivity index (χ1) is 29.9. The van der Waals surface area contributed by atoms with E-state index >= 15 is 0 Å². The summed E-state index contributed by atoms with van der Waals surface area (Å²) in [6.45, 7) is 8.27. The van der Waals surface area contributed by atoms with Crippen LogP contribution in [0.25, 0.3) is 77.3 Å². The molecule has 0 atom stereocenters. The van der Waals surface area contributed by atoms with Crippen molar-refractivity contribution in [1.29, 1.82) is 0 Å². The number of benzene rings is 8. The van der Waals surface area contributed by atoms with Crippen molar-refractivity contribution in [1.82, 2.24) is 0 Å². The van der Waals surface area contributed by atoms with Gasteiger partial charge in [0.15, 0.2) is 0 Å². The molecule has 2 aromatic heterocycles. The van der Waals surface area contributed by atoms with Crippen LogP contribution in [0.2, 0.25) is 0 Å². The molecule has 0 spiro atoms. The standard InChI is InChI=1S/C24H15BrO.C18H19BO3.C12H8Br2/c25-20-12-9-17(10-13-20)16-5-7-18(8-6-16)19-11-14-24-22(15-19)21-3-1-2-4-23(21)26-24;1-17(2)18(3,4)22-19(21-17)12-9-10-16-14(11-12)13-7-5-6-8-15(13)20-16;13-11-5-1-9(2-6-11)10-3-7-12(14)8-4-10/h1-15H;5-11H,1-4H3;1-8H. The largest absolute Gasteiger partial charge is 0.494 e. The van der Waals surface area contributed by atoms with Crippen LogP contribution < -0.4 is 5.46 Å². The van der Waals surface area contributed by atoms with Crippen LogP contribution in [0.4, 0.5) is 0 Å². The first-order valence-corrected chi connectivity index (χ1v) is 22.8. The Kier molecular flexibility index (Phi) is 11.9. The van der Waals surface area contributed by atoms with Gasteiger partial charge in [0, 0.05) is 35.0 Å². The summed E-state index contributed by atoms with van der Waals surface area (Å²) in [4.78, 5) is 0. The molecule has 1 saturated heterocycles. The van der Waals surface area contributed by atoms with E-state index in [0.717, 1.165) is 62.8 Å². The number of fused-ring (bicyclic) bond motifs is 6. The van der Waals surface area contributed by atoms with E-state index in [1.54, 1.807) is 0 Å². The van der Waals surface area contributed by atoms with E-state index in [1.165, 1.54) is 33.4 Å². The third-order valence-electron chi connectivity index (χ3n) is 11.7. The summed E-state index contributed by atoms with van der Waals surface area (Å²) < 4.78 is 27.4. The molecule has 11 rings (SSSR count). The Morgan fingerprint density at radius 2 is 0.661 bits per heavy atom. The zero-order valence-electron chi connectivity index (χ0n) is 34.7. The monoisotopic (exact) mass is 1000 g/mol. The van der Waals surface area contributed by atoms with Crippen LogP contribution in [-0.4, -0.2) is 18.3 Å². The van der Waals surface area contributed by atoms with E-state index in [9.17, 15) is 0 Å². The van der Waals surface area contributed by atoms with Crippen LogP contribution in [0, 0.1) is 0 Å². The normalized spacial score (nSPS) is 14.1. The lowest BCUT2D eigenvalue weighted by Crippen LogP contribution is -2.41. The van der Waals surface area contributed by atoms with Gasteiger partial charge in [-0.3, -0.25) is 0 Å². The first kappa shape index (κ1) is 42.1. The number of rotatable bonds is 4. The SMILES string of the molecule is Brc1ccc(-c2ccc(-c3ccc4oc5ccccc5c4c3)cc2)cc1.Brc1ccc(-c2ccc(Br)cc2)cc1.CC1(C)OB(c2ccc3oc4ccccc4c3c2)OC1(C)C. The summed E-state index contributed by atoms with van der Waals surface area (Å²) in [5.74, 6) is 0. The first-order valence-electron chi connectivity index (χ1n) is 20.5. The zero-order valence-corrected chi connectivity index (χ0v) is 39.4. The number of para-hydroxylation sites is 2. The molecule has 8 heteroatoms. The minimum atomic E-state index is -0.344. The van der Waals surface area contributed by atoms with Crippen LogP contribution in [0.3, 0.4) is 0 Å². The number of halogens is 3. The van der Waals surface area contributed by atoms with Crippen molar-refractivity contribution in [2.24, 2.45) is 0 Å². The maximum atomic E-state index is 6.13. The average Bonchev–Trinajstić information content (AvgIpc) is 3.92. The summed E-state index contributed by atoms with van der Waals surface area (Å²) in [6.07, 6.45) is 0. The summed E-state index contributed by atoms with van der Waals surface area (Å²) in [5, 5.41) is 4.55. The Labute approximate surface area is 387 Å².